The maximum absolute atomic E-state index is 2.47. The maximum atomic E-state index is 2.47. The van der Waals surface area contributed by atoms with Crippen LogP contribution in [0.2, 0.25) is 39.3 Å². The van der Waals surface area contributed by atoms with E-state index < -0.39 is 16.1 Å². The van der Waals surface area contributed by atoms with Crippen molar-refractivity contribution in [2.45, 2.75) is 39.3 Å². The van der Waals surface area contributed by atoms with Crippen LogP contribution in [0.3, 0.4) is 0 Å². The molecule has 96 valence electrons. The molecule has 0 aliphatic rings. The van der Waals surface area contributed by atoms with E-state index >= 15 is 0 Å². The van der Waals surface area contributed by atoms with Gasteiger partial charge in [0.1, 0.15) is 0 Å². The molecular weight excluding hydrogens is 248 g/mol. The van der Waals surface area contributed by atoms with Crippen molar-refractivity contribution in [3.05, 3.63) is 36.4 Å². The standard InChI is InChI=1S/C16H24Si2/c1-17(2,3)15-11-13-9-7-8-10-14(13)12-16(15)18(4,5)6/h7-12H,1-6H3. The SMILES string of the molecule is C[Si](C)(C)c1cc2ccccc2cc1[Si](C)(C)C. The van der Waals surface area contributed by atoms with E-state index in [1.807, 2.05) is 0 Å². The molecule has 0 aliphatic heterocycles. The third-order valence-electron chi connectivity index (χ3n) is 3.50. The lowest BCUT2D eigenvalue weighted by atomic mass is 10.1. The van der Waals surface area contributed by atoms with Crippen LogP contribution in [0.15, 0.2) is 36.4 Å². The van der Waals surface area contributed by atoms with Crippen LogP contribution in [-0.2, 0) is 0 Å². The molecule has 0 N–H and O–H groups in total. The van der Waals surface area contributed by atoms with Crippen molar-refractivity contribution in [2.75, 3.05) is 0 Å². The van der Waals surface area contributed by atoms with Gasteiger partial charge in [-0.1, -0.05) is 86.1 Å². The second-order valence-electron chi connectivity index (χ2n) is 7.24. The van der Waals surface area contributed by atoms with Gasteiger partial charge in [0.25, 0.3) is 0 Å². The lowest BCUT2D eigenvalue weighted by Gasteiger charge is -2.28. The van der Waals surface area contributed by atoms with Crippen molar-refractivity contribution >= 4 is 37.3 Å². The fourth-order valence-electron chi connectivity index (χ4n) is 2.48. The number of benzene rings is 2. The lowest BCUT2D eigenvalue weighted by Crippen LogP contribution is -2.56. The van der Waals surface area contributed by atoms with Crippen LogP contribution in [0.4, 0.5) is 0 Å². The summed E-state index contributed by atoms with van der Waals surface area (Å²) in [6.45, 7) is 14.8. The van der Waals surface area contributed by atoms with Crippen LogP contribution >= 0.6 is 0 Å². The summed E-state index contributed by atoms with van der Waals surface area (Å²) in [7, 11) is -2.54. The minimum absolute atomic E-state index is 1.27. The van der Waals surface area contributed by atoms with Gasteiger partial charge in [-0.2, -0.15) is 0 Å². The summed E-state index contributed by atoms with van der Waals surface area (Å²) in [6.07, 6.45) is 0. The fourth-order valence-corrected chi connectivity index (χ4v) is 7.67. The summed E-state index contributed by atoms with van der Waals surface area (Å²) in [6, 6.07) is 13.7. The molecule has 0 atom stereocenters. The first-order valence-electron chi connectivity index (χ1n) is 6.73. The Kier molecular flexibility index (Phi) is 3.28. The van der Waals surface area contributed by atoms with Gasteiger partial charge >= 0.3 is 0 Å². The number of rotatable bonds is 2. The Hall–Kier alpha value is -0.866. The van der Waals surface area contributed by atoms with Gasteiger partial charge in [-0.3, -0.25) is 0 Å². The van der Waals surface area contributed by atoms with Crippen molar-refractivity contribution in [1.29, 1.82) is 0 Å². The first-order valence-corrected chi connectivity index (χ1v) is 13.7. The maximum Gasteiger partial charge on any atom is 0.0774 e. The second-order valence-corrected chi connectivity index (χ2v) is 17.3. The molecule has 0 heterocycles. The van der Waals surface area contributed by atoms with Gasteiger partial charge in [0.2, 0.25) is 0 Å². The monoisotopic (exact) mass is 272 g/mol. The van der Waals surface area contributed by atoms with Gasteiger partial charge in [-0.15, -0.1) is 0 Å². The molecule has 0 bridgehead atoms. The Labute approximate surface area is 113 Å². The predicted molar refractivity (Wildman–Crippen MR) is 89.9 cm³/mol. The Morgan fingerprint density at radius 2 is 0.944 bits per heavy atom. The average Bonchev–Trinajstić information content (AvgIpc) is 2.25. The van der Waals surface area contributed by atoms with Gasteiger partial charge in [0.05, 0.1) is 16.1 Å². The first kappa shape index (κ1) is 13.6. The highest BCUT2D eigenvalue weighted by Gasteiger charge is 2.27. The summed E-state index contributed by atoms with van der Waals surface area (Å²) in [4.78, 5) is 0. The van der Waals surface area contributed by atoms with E-state index in [2.05, 4.69) is 75.7 Å². The lowest BCUT2D eigenvalue weighted by molar-refractivity contribution is 1.68. The van der Waals surface area contributed by atoms with E-state index in [0.29, 0.717) is 0 Å². The quantitative estimate of drug-likeness (QED) is 0.727. The average molecular weight is 273 g/mol. The molecule has 2 rings (SSSR count). The van der Waals surface area contributed by atoms with E-state index in [0.717, 1.165) is 0 Å². The van der Waals surface area contributed by atoms with Gasteiger partial charge in [-0.25, -0.2) is 0 Å². The molecule has 0 amide bonds. The Bertz CT molecular complexity index is 519. The van der Waals surface area contributed by atoms with Crippen molar-refractivity contribution in [3.8, 4) is 0 Å². The zero-order valence-corrected chi connectivity index (χ0v) is 14.5. The molecule has 18 heavy (non-hydrogen) atoms. The Morgan fingerprint density at radius 3 is 1.22 bits per heavy atom. The van der Waals surface area contributed by atoms with Crippen molar-refractivity contribution in [2.24, 2.45) is 0 Å². The minimum atomic E-state index is -1.27. The summed E-state index contributed by atoms with van der Waals surface area (Å²) in [5.41, 5.74) is 0. The topological polar surface area (TPSA) is 0 Å². The molecule has 0 saturated heterocycles. The Morgan fingerprint density at radius 1 is 0.611 bits per heavy atom. The van der Waals surface area contributed by atoms with Gasteiger partial charge in [0.15, 0.2) is 0 Å². The number of fused-ring (bicyclic) bond motifs is 1. The van der Waals surface area contributed by atoms with Crippen molar-refractivity contribution < 1.29 is 0 Å². The molecular formula is C16H24Si2. The first-order chi connectivity index (χ1) is 8.19. The van der Waals surface area contributed by atoms with Crippen molar-refractivity contribution in [3.63, 3.8) is 0 Å². The van der Waals surface area contributed by atoms with Gasteiger partial charge < -0.3 is 0 Å². The number of hydrogen-bond acceptors (Lipinski definition) is 0. The van der Waals surface area contributed by atoms with E-state index in [1.165, 1.54) is 10.8 Å². The molecule has 0 fully saturated rings. The molecule has 2 heteroatoms. The predicted octanol–water partition coefficient (Wildman–Crippen LogP) is 3.93. The fraction of sp³-hybridized carbons (Fsp3) is 0.375. The normalized spacial score (nSPS) is 13.0. The zero-order chi connectivity index (χ0) is 13.6. The summed E-state index contributed by atoms with van der Waals surface area (Å²) in [5.74, 6) is 0. The second kappa shape index (κ2) is 4.35. The highest BCUT2D eigenvalue weighted by molar-refractivity contribution is 6.98. The molecule has 0 saturated carbocycles. The number of hydrogen-bond donors (Lipinski definition) is 0. The molecule has 0 unspecified atom stereocenters. The highest BCUT2D eigenvalue weighted by atomic mass is 28.3. The minimum Gasteiger partial charge on any atom is -0.0656 e. The smallest absolute Gasteiger partial charge is 0.0656 e. The van der Waals surface area contributed by atoms with Crippen LogP contribution in [0, 0.1) is 0 Å². The third kappa shape index (κ3) is 2.59. The van der Waals surface area contributed by atoms with E-state index in [9.17, 15) is 0 Å². The largest absolute Gasteiger partial charge is 0.0774 e. The van der Waals surface area contributed by atoms with E-state index in [1.54, 1.807) is 10.4 Å². The van der Waals surface area contributed by atoms with Crippen LogP contribution in [0.1, 0.15) is 0 Å². The zero-order valence-electron chi connectivity index (χ0n) is 12.5. The Balaban J connectivity index is 2.81. The molecule has 2 aromatic carbocycles. The molecule has 2 aromatic rings. The molecule has 0 aromatic heterocycles. The molecule has 0 nitrogen and oxygen atoms in total. The summed E-state index contributed by atoms with van der Waals surface area (Å²) >= 11 is 0. The molecule has 0 aliphatic carbocycles. The van der Waals surface area contributed by atoms with E-state index in [4.69, 9.17) is 0 Å². The van der Waals surface area contributed by atoms with Crippen LogP contribution < -0.4 is 10.4 Å². The highest BCUT2D eigenvalue weighted by Crippen LogP contribution is 2.16. The van der Waals surface area contributed by atoms with Crippen molar-refractivity contribution in [1.82, 2.24) is 0 Å². The summed E-state index contributed by atoms with van der Waals surface area (Å²) in [5, 5.41) is 6.13. The molecule has 0 spiro atoms. The van der Waals surface area contributed by atoms with Crippen LogP contribution in [-0.4, -0.2) is 16.1 Å². The van der Waals surface area contributed by atoms with Crippen LogP contribution in [0.25, 0.3) is 10.8 Å². The van der Waals surface area contributed by atoms with Crippen LogP contribution in [0.5, 0.6) is 0 Å². The van der Waals surface area contributed by atoms with Gasteiger partial charge in [0, 0.05) is 0 Å². The third-order valence-corrected chi connectivity index (χ3v) is 7.81. The molecule has 0 radical (unpaired) electrons. The summed E-state index contributed by atoms with van der Waals surface area (Å²) < 4.78 is 0. The van der Waals surface area contributed by atoms with Gasteiger partial charge in [-0.05, 0) is 10.8 Å². The van der Waals surface area contributed by atoms with E-state index in [-0.39, 0.29) is 0 Å².